The van der Waals surface area contributed by atoms with E-state index in [-0.39, 0.29) is 5.97 Å². The molecule has 0 saturated heterocycles. The van der Waals surface area contributed by atoms with Crippen molar-refractivity contribution in [1.82, 2.24) is 0 Å². The molecule has 4 heteroatoms. The molecule has 0 bridgehead atoms. The van der Waals surface area contributed by atoms with E-state index in [1.807, 2.05) is 19.1 Å². The molecule has 0 aromatic heterocycles. The van der Waals surface area contributed by atoms with Gasteiger partial charge < -0.3 is 4.74 Å². The first-order valence-electron chi connectivity index (χ1n) is 5.66. The summed E-state index contributed by atoms with van der Waals surface area (Å²) in [5.41, 5.74) is 2.28. The molecule has 0 amide bonds. The average Bonchev–Trinajstić information content (AvgIpc) is 2.30. The summed E-state index contributed by atoms with van der Waals surface area (Å²) in [4.78, 5) is 11.5. The van der Waals surface area contributed by atoms with Gasteiger partial charge in [0.1, 0.15) is 0 Å². The third-order valence-electron chi connectivity index (χ3n) is 2.39. The lowest BCUT2D eigenvalue weighted by atomic mass is 10.0. The highest BCUT2D eigenvalue weighted by atomic mass is 79.9. The average molecular weight is 364 g/mol. The summed E-state index contributed by atoms with van der Waals surface area (Å²) < 4.78 is 6.03. The Kier molecular flexibility index (Phi) is 6.82. The zero-order valence-corrected chi connectivity index (χ0v) is 13.0. The highest BCUT2D eigenvalue weighted by Crippen LogP contribution is 2.19. The number of rotatable bonds is 6. The third-order valence-corrected chi connectivity index (χ3v) is 3.44. The van der Waals surface area contributed by atoms with Crippen LogP contribution in [0.1, 0.15) is 24.5 Å². The van der Waals surface area contributed by atoms with Gasteiger partial charge in [0.05, 0.1) is 13.0 Å². The molecule has 0 unspecified atom stereocenters. The molecule has 0 radical (unpaired) electrons. The fraction of sp³-hybridized carbons (Fsp3) is 0.462. The lowest BCUT2D eigenvalue weighted by Gasteiger charge is -2.09. The number of carbonyl (C=O) groups is 1. The summed E-state index contributed by atoms with van der Waals surface area (Å²) in [7, 11) is 0. The number of benzene rings is 1. The van der Waals surface area contributed by atoms with Crippen LogP contribution in [0.4, 0.5) is 0 Å². The van der Waals surface area contributed by atoms with E-state index in [4.69, 9.17) is 4.74 Å². The molecule has 94 valence electrons. The van der Waals surface area contributed by atoms with Gasteiger partial charge in [-0.2, -0.15) is 0 Å². The molecular weight excluding hydrogens is 348 g/mol. The Morgan fingerprint density at radius 2 is 2.12 bits per heavy atom. The van der Waals surface area contributed by atoms with Crippen molar-refractivity contribution in [2.75, 3.05) is 11.9 Å². The zero-order valence-electron chi connectivity index (χ0n) is 9.84. The molecule has 1 aromatic rings. The number of hydrogen-bond donors (Lipinski definition) is 0. The zero-order chi connectivity index (χ0) is 12.7. The maximum absolute atomic E-state index is 11.5. The van der Waals surface area contributed by atoms with Gasteiger partial charge in [-0.15, -0.1) is 0 Å². The summed E-state index contributed by atoms with van der Waals surface area (Å²) in [6, 6.07) is 6.04. The van der Waals surface area contributed by atoms with E-state index >= 15 is 0 Å². The SMILES string of the molecule is CCOC(=O)Cc1ccc(Br)cc1CCCBr. The van der Waals surface area contributed by atoms with Crippen LogP contribution in [0.5, 0.6) is 0 Å². The number of ether oxygens (including phenoxy) is 1. The van der Waals surface area contributed by atoms with Gasteiger partial charge in [-0.25, -0.2) is 0 Å². The van der Waals surface area contributed by atoms with Crippen molar-refractivity contribution >= 4 is 37.8 Å². The van der Waals surface area contributed by atoms with Crippen LogP contribution in [-0.2, 0) is 22.4 Å². The molecule has 0 aliphatic carbocycles. The number of hydrogen-bond acceptors (Lipinski definition) is 2. The predicted octanol–water partition coefficient (Wildman–Crippen LogP) is 3.88. The Labute approximate surface area is 119 Å². The Bertz CT molecular complexity index is 378. The molecule has 0 heterocycles. The van der Waals surface area contributed by atoms with Crippen molar-refractivity contribution in [2.45, 2.75) is 26.2 Å². The minimum atomic E-state index is -0.157. The van der Waals surface area contributed by atoms with Crippen LogP contribution in [0, 0.1) is 0 Å². The molecule has 0 atom stereocenters. The first-order valence-corrected chi connectivity index (χ1v) is 7.57. The second kappa shape index (κ2) is 7.88. The second-order valence-corrected chi connectivity index (χ2v) is 5.40. The van der Waals surface area contributed by atoms with Crippen LogP contribution < -0.4 is 0 Å². The molecule has 2 nitrogen and oxygen atoms in total. The van der Waals surface area contributed by atoms with E-state index in [9.17, 15) is 4.79 Å². The largest absolute Gasteiger partial charge is 0.466 e. The van der Waals surface area contributed by atoms with Gasteiger partial charge in [-0.1, -0.05) is 37.9 Å². The maximum atomic E-state index is 11.5. The van der Waals surface area contributed by atoms with Gasteiger partial charge in [0.15, 0.2) is 0 Å². The van der Waals surface area contributed by atoms with Crippen molar-refractivity contribution in [3.63, 3.8) is 0 Å². The van der Waals surface area contributed by atoms with Gasteiger partial charge >= 0.3 is 5.97 Å². The Morgan fingerprint density at radius 1 is 1.35 bits per heavy atom. The lowest BCUT2D eigenvalue weighted by molar-refractivity contribution is -0.142. The molecule has 17 heavy (non-hydrogen) atoms. The molecule has 0 aliphatic heterocycles. The van der Waals surface area contributed by atoms with Crippen molar-refractivity contribution in [3.05, 3.63) is 33.8 Å². The van der Waals surface area contributed by atoms with Crippen molar-refractivity contribution in [3.8, 4) is 0 Å². The van der Waals surface area contributed by atoms with Crippen LogP contribution >= 0.6 is 31.9 Å². The Morgan fingerprint density at radius 3 is 2.76 bits per heavy atom. The van der Waals surface area contributed by atoms with Crippen LogP contribution in [0.15, 0.2) is 22.7 Å². The van der Waals surface area contributed by atoms with E-state index in [1.54, 1.807) is 0 Å². The van der Waals surface area contributed by atoms with E-state index in [0.29, 0.717) is 13.0 Å². The number of alkyl halides is 1. The monoisotopic (exact) mass is 362 g/mol. The van der Waals surface area contributed by atoms with E-state index in [0.717, 1.165) is 28.2 Å². The fourth-order valence-corrected chi connectivity index (χ4v) is 2.31. The summed E-state index contributed by atoms with van der Waals surface area (Å²) in [6.07, 6.45) is 2.39. The summed E-state index contributed by atoms with van der Waals surface area (Å²) >= 11 is 6.88. The fourth-order valence-electron chi connectivity index (χ4n) is 1.62. The van der Waals surface area contributed by atoms with Gasteiger partial charge in [0, 0.05) is 9.80 Å². The maximum Gasteiger partial charge on any atom is 0.310 e. The van der Waals surface area contributed by atoms with E-state index in [2.05, 4.69) is 37.9 Å². The summed E-state index contributed by atoms with van der Waals surface area (Å²) in [5.74, 6) is -0.157. The Balaban J connectivity index is 2.78. The predicted molar refractivity (Wildman–Crippen MR) is 76.6 cm³/mol. The standard InChI is InChI=1S/C13H16Br2O2/c1-2-17-13(16)9-11-5-6-12(15)8-10(11)4-3-7-14/h5-6,8H,2-4,7,9H2,1H3. The number of esters is 1. The van der Waals surface area contributed by atoms with Crippen molar-refractivity contribution in [1.29, 1.82) is 0 Å². The van der Waals surface area contributed by atoms with Gasteiger partial charge in [-0.3, -0.25) is 4.79 Å². The van der Waals surface area contributed by atoms with E-state index < -0.39 is 0 Å². The molecule has 0 N–H and O–H groups in total. The molecule has 1 rings (SSSR count). The highest BCUT2D eigenvalue weighted by molar-refractivity contribution is 9.10. The molecule has 0 spiro atoms. The molecule has 0 saturated carbocycles. The number of carbonyl (C=O) groups excluding carboxylic acids is 1. The Hall–Kier alpha value is -0.350. The van der Waals surface area contributed by atoms with Gasteiger partial charge in [0.2, 0.25) is 0 Å². The minimum absolute atomic E-state index is 0.157. The lowest BCUT2D eigenvalue weighted by Crippen LogP contribution is -2.09. The van der Waals surface area contributed by atoms with Crippen LogP contribution in [0.3, 0.4) is 0 Å². The number of halogens is 2. The highest BCUT2D eigenvalue weighted by Gasteiger charge is 2.09. The normalized spacial score (nSPS) is 10.3. The van der Waals surface area contributed by atoms with Crippen molar-refractivity contribution in [2.24, 2.45) is 0 Å². The van der Waals surface area contributed by atoms with E-state index in [1.165, 1.54) is 5.56 Å². The van der Waals surface area contributed by atoms with Gasteiger partial charge in [0.25, 0.3) is 0 Å². The molecule has 0 fully saturated rings. The second-order valence-electron chi connectivity index (χ2n) is 3.69. The van der Waals surface area contributed by atoms with Crippen LogP contribution in [-0.4, -0.2) is 17.9 Å². The van der Waals surface area contributed by atoms with Gasteiger partial charge in [-0.05, 0) is 43.0 Å². The number of aryl methyl sites for hydroxylation is 1. The molecule has 1 aromatic carbocycles. The third kappa shape index (κ3) is 5.21. The molecule has 0 aliphatic rings. The molecular formula is C13H16Br2O2. The smallest absolute Gasteiger partial charge is 0.310 e. The quantitative estimate of drug-likeness (QED) is 0.566. The summed E-state index contributed by atoms with van der Waals surface area (Å²) in [6.45, 7) is 2.26. The minimum Gasteiger partial charge on any atom is -0.466 e. The van der Waals surface area contributed by atoms with Crippen LogP contribution in [0.25, 0.3) is 0 Å². The van der Waals surface area contributed by atoms with Crippen molar-refractivity contribution < 1.29 is 9.53 Å². The first-order chi connectivity index (χ1) is 8.17. The topological polar surface area (TPSA) is 26.3 Å². The summed E-state index contributed by atoms with van der Waals surface area (Å²) in [5, 5.41) is 0.971. The first kappa shape index (κ1) is 14.7. The van der Waals surface area contributed by atoms with Crippen LogP contribution in [0.2, 0.25) is 0 Å².